The van der Waals surface area contributed by atoms with Gasteiger partial charge < -0.3 is 10.2 Å². The van der Waals surface area contributed by atoms with Gasteiger partial charge in [0.15, 0.2) is 0 Å². The first-order valence-corrected chi connectivity index (χ1v) is 7.37. The zero-order valence-electron chi connectivity index (χ0n) is 13.1. The Bertz CT molecular complexity index is 583. The van der Waals surface area contributed by atoms with Crippen molar-refractivity contribution in [2.45, 2.75) is 26.2 Å². The van der Waals surface area contributed by atoms with E-state index in [2.05, 4.69) is 19.2 Å². The summed E-state index contributed by atoms with van der Waals surface area (Å²) < 4.78 is 0. The van der Waals surface area contributed by atoms with E-state index in [1.54, 1.807) is 0 Å². The summed E-state index contributed by atoms with van der Waals surface area (Å²) in [5.41, 5.74) is 1.87. The van der Waals surface area contributed by atoms with Crippen LogP contribution in [0.15, 0.2) is 24.3 Å². The van der Waals surface area contributed by atoms with Gasteiger partial charge in [-0.3, -0.25) is 14.5 Å². The summed E-state index contributed by atoms with van der Waals surface area (Å²) in [7, 11) is 1.53. The summed E-state index contributed by atoms with van der Waals surface area (Å²) in [5.74, 6) is -0.261. The Morgan fingerprint density at radius 1 is 1.27 bits per heavy atom. The Hall–Kier alpha value is -2.37. The van der Waals surface area contributed by atoms with Crippen molar-refractivity contribution in [2.24, 2.45) is 0 Å². The molecule has 6 heteroatoms. The predicted molar refractivity (Wildman–Crippen MR) is 83.5 cm³/mol. The number of benzene rings is 1. The second-order valence-corrected chi connectivity index (χ2v) is 5.60. The molecule has 0 bridgehead atoms. The molecule has 1 saturated heterocycles. The number of nitrogens with one attached hydrogen (secondary N) is 1. The summed E-state index contributed by atoms with van der Waals surface area (Å²) in [6.07, 6.45) is 1.05. The molecule has 1 N–H and O–H groups in total. The molecule has 1 unspecified atom stereocenters. The average Bonchev–Trinajstić information content (AvgIpc) is 2.73. The van der Waals surface area contributed by atoms with Crippen molar-refractivity contribution in [1.82, 2.24) is 9.80 Å². The maximum absolute atomic E-state index is 12.0. The monoisotopic (exact) mass is 303 g/mol. The minimum atomic E-state index is -0.438. The van der Waals surface area contributed by atoms with Crippen LogP contribution in [0.1, 0.15) is 31.7 Å². The number of carbonyl (C=O) groups excluding carboxylic acids is 3. The predicted octanol–water partition coefficient (Wildman–Crippen LogP) is 2.03. The van der Waals surface area contributed by atoms with Gasteiger partial charge in [-0.2, -0.15) is 0 Å². The van der Waals surface area contributed by atoms with Gasteiger partial charge in [0, 0.05) is 12.7 Å². The zero-order chi connectivity index (χ0) is 16.3. The first-order chi connectivity index (χ1) is 10.4. The lowest BCUT2D eigenvalue weighted by molar-refractivity contribution is -0.129. The van der Waals surface area contributed by atoms with Gasteiger partial charge in [-0.25, -0.2) is 4.79 Å². The lowest BCUT2D eigenvalue weighted by atomic mass is 9.99. The van der Waals surface area contributed by atoms with Crippen molar-refractivity contribution >= 4 is 23.5 Å². The lowest BCUT2D eigenvalue weighted by Crippen LogP contribution is -2.38. The fourth-order valence-corrected chi connectivity index (χ4v) is 2.30. The minimum absolute atomic E-state index is 0.0235. The fourth-order valence-electron chi connectivity index (χ4n) is 2.30. The molecule has 2 rings (SSSR count). The van der Waals surface area contributed by atoms with Gasteiger partial charge in [0.25, 0.3) is 5.91 Å². The molecule has 1 aliphatic rings. The maximum Gasteiger partial charge on any atom is 0.327 e. The van der Waals surface area contributed by atoms with Gasteiger partial charge >= 0.3 is 6.03 Å². The normalized spacial score (nSPS) is 16.1. The minimum Gasteiger partial charge on any atom is -0.325 e. The van der Waals surface area contributed by atoms with E-state index in [1.807, 2.05) is 24.3 Å². The molecular weight excluding hydrogens is 282 g/mol. The molecule has 0 radical (unpaired) electrons. The summed E-state index contributed by atoms with van der Waals surface area (Å²) in [4.78, 5) is 37.5. The Morgan fingerprint density at radius 3 is 2.41 bits per heavy atom. The largest absolute Gasteiger partial charge is 0.327 e. The van der Waals surface area contributed by atoms with Crippen LogP contribution >= 0.6 is 0 Å². The average molecular weight is 303 g/mol. The summed E-state index contributed by atoms with van der Waals surface area (Å²) in [5, 5.41) is 2.71. The van der Waals surface area contributed by atoms with E-state index in [1.165, 1.54) is 17.5 Å². The molecule has 1 atom stereocenters. The number of likely N-dealkylation sites (N-methyl/N-ethyl adjacent to an activating group) is 1. The molecule has 0 aromatic heterocycles. The summed E-state index contributed by atoms with van der Waals surface area (Å²) in [6.45, 7) is 4.04. The van der Waals surface area contributed by atoms with Gasteiger partial charge in [0.2, 0.25) is 5.91 Å². The Kier molecular flexibility index (Phi) is 4.80. The smallest absolute Gasteiger partial charge is 0.325 e. The van der Waals surface area contributed by atoms with E-state index in [0.29, 0.717) is 11.6 Å². The lowest BCUT2D eigenvalue weighted by Gasteiger charge is -2.14. The third-order valence-corrected chi connectivity index (χ3v) is 3.91. The Balaban J connectivity index is 1.95. The maximum atomic E-state index is 12.0. The molecule has 1 aromatic carbocycles. The number of imide groups is 1. The van der Waals surface area contributed by atoms with E-state index in [4.69, 9.17) is 0 Å². The molecule has 0 spiro atoms. The van der Waals surface area contributed by atoms with E-state index >= 15 is 0 Å². The molecule has 1 heterocycles. The van der Waals surface area contributed by atoms with Crippen LogP contribution < -0.4 is 5.32 Å². The first kappa shape index (κ1) is 16.0. The van der Waals surface area contributed by atoms with Crippen molar-refractivity contribution in [2.75, 3.05) is 25.5 Å². The SMILES string of the molecule is CCC(C)c1ccc(NC(=O)CN2C(=O)CN(C)C2=O)cc1. The molecule has 118 valence electrons. The molecular formula is C16H21N3O3. The van der Waals surface area contributed by atoms with Gasteiger partial charge in [0.1, 0.15) is 13.1 Å². The highest BCUT2D eigenvalue weighted by Crippen LogP contribution is 2.20. The van der Waals surface area contributed by atoms with Crippen LogP contribution in [0.5, 0.6) is 0 Å². The highest BCUT2D eigenvalue weighted by molar-refractivity contribution is 6.06. The first-order valence-electron chi connectivity index (χ1n) is 7.37. The van der Waals surface area contributed by atoms with E-state index in [-0.39, 0.29) is 24.9 Å². The number of hydrogen-bond donors (Lipinski definition) is 1. The zero-order valence-corrected chi connectivity index (χ0v) is 13.1. The Labute approximate surface area is 130 Å². The third kappa shape index (κ3) is 3.44. The van der Waals surface area contributed by atoms with Crippen molar-refractivity contribution in [3.8, 4) is 0 Å². The Morgan fingerprint density at radius 2 is 1.91 bits per heavy atom. The highest BCUT2D eigenvalue weighted by atomic mass is 16.2. The molecule has 4 amide bonds. The van der Waals surface area contributed by atoms with Crippen LogP contribution in [0.3, 0.4) is 0 Å². The number of hydrogen-bond acceptors (Lipinski definition) is 3. The molecule has 0 saturated carbocycles. The standard InChI is InChI=1S/C16H21N3O3/c1-4-11(2)12-5-7-13(8-6-12)17-14(20)9-19-15(21)10-18(3)16(19)22/h5-8,11H,4,9-10H2,1-3H3,(H,17,20). The van der Waals surface area contributed by atoms with Crippen molar-refractivity contribution < 1.29 is 14.4 Å². The molecule has 0 aliphatic carbocycles. The second-order valence-electron chi connectivity index (χ2n) is 5.60. The van der Waals surface area contributed by atoms with Gasteiger partial charge in [-0.1, -0.05) is 26.0 Å². The molecule has 1 fully saturated rings. The van der Waals surface area contributed by atoms with Crippen LogP contribution in [0.4, 0.5) is 10.5 Å². The van der Waals surface area contributed by atoms with Crippen LogP contribution in [-0.4, -0.2) is 47.8 Å². The summed E-state index contributed by atoms with van der Waals surface area (Å²) >= 11 is 0. The molecule has 6 nitrogen and oxygen atoms in total. The number of amides is 4. The fraction of sp³-hybridized carbons (Fsp3) is 0.438. The van der Waals surface area contributed by atoms with E-state index in [9.17, 15) is 14.4 Å². The van der Waals surface area contributed by atoms with E-state index in [0.717, 1.165) is 11.3 Å². The molecule has 1 aromatic rings. The number of carbonyl (C=O) groups is 3. The number of nitrogens with zero attached hydrogens (tertiary/aromatic N) is 2. The topological polar surface area (TPSA) is 69.7 Å². The van der Waals surface area contributed by atoms with Gasteiger partial charge in [-0.15, -0.1) is 0 Å². The number of anilines is 1. The number of rotatable bonds is 5. The van der Waals surface area contributed by atoms with Crippen molar-refractivity contribution in [3.63, 3.8) is 0 Å². The van der Waals surface area contributed by atoms with Crippen LogP contribution in [0, 0.1) is 0 Å². The van der Waals surface area contributed by atoms with Gasteiger partial charge in [-0.05, 0) is 30.0 Å². The van der Waals surface area contributed by atoms with E-state index < -0.39 is 6.03 Å². The second kappa shape index (κ2) is 6.60. The van der Waals surface area contributed by atoms with Crippen molar-refractivity contribution in [3.05, 3.63) is 29.8 Å². The van der Waals surface area contributed by atoms with Crippen LogP contribution in [-0.2, 0) is 9.59 Å². The van der Waals surface area contributed by atoms with Gasteiger partial charge in [0.05, 0.1) is 0 Å². The number of urea groups is 1. The highest BCUT2D eigenvalue weighted by Gasteiger charge is 2.34. The molecule has 1 aliphatic heterocycles. The van der Waals surface area contributed by atoms with Crippen molar-refractivity contribution in [1.29, 1.82) is 0 Å². The third-order valence-electron chi connectivity index (χ3n) is 3.91. The quantitative estimate of drug-likeness (QED) is 0.846. The van der Waals surface area contributed by atoms with Crippen LogP contribution in [0.2, 0.25) is 0 Å². The summed E-state index contributed by atoms with van der Waals surface area (Å²) in [6, 6.07) is 7.18. The molecule has 22 heavy (non-hydrogen) atoms. The van der Waals surface area contributed by atoms with Crippen LogP contribution in [0.25, 0.3) is 0 Å².